The highest BCUT2D eigenvalue weighted by Crippen LogP contribution is 2.23. The molecule has 7 unspecified atom stereocenters. The van der Waals surface area contributed by atoms with Crippen molar-refractivity contribution in [1.29, 1.82) is 0 Å². The predicted molar refractivity (Wildman–Crippen MR) is 306 cm³/mol. The lowest BCUT2D eigenvalue weighted by Crippen LogP contribution is -2.60. The Balaban J connectivity index is 2.01. The zero-order valence-corrected chi connectivity index (χ0v) is 47.6. The Kier molecular flexibility index (Phi) is 49.6. The van der Waals surface area contributed by atoms with Crippen LogP contribution in [0, 0.1) is 0 Å². The van der Waals surface area contributed by atoms with E-state index < -0.39 is 49.5 Å². The molecule has 6 N–H and O–H groups in total. The molecule has 0 aromatic carbocycles. The third-order valence-electron chi connectivity index (χ3n) is 14.4. The van der Waals surface area contributed by atoms with Crippen LogP contribution >= 0.6 is 0 Å². The molecule has 1 saturated heterocycles. The zero-order chi connectivity index (χ0) is 53.8. The van der Waals surface area contributed by atoms with Gasteiger partial charge < -0.3 is 45.1 Å². The molecule has 1 amide bonds. The number of hydrogen-bond acceptors (Lipinski definition) is 10. The fourth-order valence-corrected chi connectivity index (χ4v) is 9.46. The van der Waals surface area contributed by atoms with Crippen molar-refractivity contribution in [2.24, 2.45) is 0 Å². The Hall–Kier alpha value is -2.38. The van der Waals surface area contributed by atoms with E-state index in [2.05, 4.69) is 55.6 Å². The SMILES string of the molecule is CCCCC/C=C\CCCCCCCC(=O)OCCCCCCCCCCC/C=C\C/C=C\CCCCCCCCCCCC(=O)NC(COC1OC(CO)C(O)C(O)C1O)C(O)/C=C/CCCCCCCCC. The van der Waals surface area contributed by atoms with Crippen molar-refractivity contribution in [2.75, 3.05) is 19.8 Å². The van der Waals surface area contributed by atoms with Gasteiger partial charge in [0.25, 0.3) is 0 Å². The molecule has 1 aliphatic rings. The molecule has 0 aromatic heterocycles. The van der Waals surface area contributed by atoms with Crippen LogP contribution in [0.25, 0.3) is 0 Å². The van der Waals surface area contributed by atoms with Gasteiger partial charge in [0.05, 0.1) is 32.0 Å². The van der Waals surface area contributed by atoms with Gasteiger partial charge in [-0.25, -0.2) is 0 Å². The molecule has 0 spiro atoms. The quantitative estimate of drug-likeness (QED) is 0.0195. The summed E-state index contributed by atoms with van der Waals surface area (Å²) in [4.78, 5) is 25.0. The summed E-state index contributed by atoms with van der Waals surface area (Å²) >= 11 is 0. The van der Waals surface area contributed by atoms with Gasteiger partial charge in [-0.15, -0.1) is 0 Å². The number of hydrogen-bond donors (Lipinski definition) is 6. The molecule has 7 atom stereocenters. The van der Waals surface area contributed by atoms with Crippen LogP contribution in [0.3, 0.4) is 0 Å². The topological polar surface area (TPSA) is 175 Å². The first-order valence-electron chi connectivity index (χ1n) is 30.9. The fourth-order valence-electron chi connectivity index (χ4n) is 9.46. The van der Waals surface area contributed by atoms with Crippen LogP contribution in [0.1, 0.15) is 277 Å². The van der Waals surface area contributed by atoms with Crippen molar-refractivity contribution in [2.45, 2.75) is 320 Å². The average molecular weight is 1050 g/mol. The van der Waals surface area contributed by atoms with Gasteiger partial charge in [-0.05, 0) is 89.9 Å². The first kappa shape index (κ1) is 69.6. The van der Waals surface area contributed by atoms with Crippen LogP contribution in [0.15, 0.2) is 48.6 Å². The van der Waals surface area contributed by atoms with Gasteiger partial charge in [0, 0.05) is 12.8 Å². The Morgan fingerprint density at radius 3 is 1.41 bits per heavy atom. The highest BCUT2D eigenvalue weighted by Gasteiger charge is 2.44. The lowest BCUT2D eigenvalue weighted by Gasteiger charge is -2.40. The van der Waals surface area contributed by atoms with Crippen molar-refractivity contribution < 1.29 is 49.3 Å². The van der Waals surface area contributed by atoms with Crippen molar-refractivity contribution >= 4 is 11.9 Å². The maximum Gasteiger partial charge on any atom is 0.305 e. The highest BCUT2D eigenvalue weighted by atomic mass is 16.7. The van der Waals surface area contributed by atoms with Crippen molar-refractivity contribution in [1.82, 2.24) is 5.32 Å². The van der Waals surface area contributed by atoms with Gasteiger partial charge in [0.1, 0.15) is 24.4 Å². The molecule has 11 nitrogen and oxygen atoms in total. The van der Waals surface area contributed by atoms with Crippen LogP contribution in [-0.4, -0.2) is 100 Å². The second kappa shape index (κ2) is 52.7. The summed E-state index contributed by atoms with van der Waals surface area (Å²) in [6.07, 6.45) is 56.5. The Morgan fingerprint density at radius 2 is 0.905 bits per heavy atom. The summed E-state index contributed by atoms with van der Waals surface area (Å²) in [5.41, 5.74) is 0. The molecule has 0 radical (unpaired) electrons. The lowest BCUT2D eigenvalue weighted by atomic mass is 9.99. The molecule has 0 aromatic rings. The summed E-state index contributed by atoms with van der Waals surface area (Å²) < 4.78 is 16.7. The number of nitrogens with one attached hydrogen (secondary N) is 1. The smallest absolute Gasteiger partial charge is 0.305 e. The van der Waals surface area contributed by atoms with E-state index in [4.69, 9.17) is 14.2 Å². The Labute approximate surface area is 453 Å². The standard InChI is InChI=1S/C63H115NO10/c1-3-5-7-9-11-13-14-31-35-39-43-47-51-59(68)72-52-48-44-40-36-32-29-27-25-23-21-19-17-15-16-18-20-22-24-26-28-30-34-38-42-46-50-58(67)64-55(56(66)49-45-41-37-33-12-10-8-6-4-2)54-73-63-62(71)61(70)60(69)57(53-65)74-63/h11,13,16-19,45,49,55-57,60-63,65-66,69-71H,3-10,12,14-15,20-44,46-48,50-54H2,1-2H3,(H,64,67)/b13-11-,18-16-,19-17-,49-45+. The van der Waals surface area contributed by atoms with Crippen LogP contribution < -0.4 is 5.32 Å². The number of allylic oxidation sites excluding steroid dienone is 7. The number of aliphatic hydroxyl groups is 5. The molecule has 432 valence electrons. The van der Waals surface area contributed by atoms with E-state index >= 15 is 0 Å². The zero-order valence-electron chi connectivity index (χ0n) is 47.6. The van der Waals surface area contributed by atoms with Crippen LogP contribution in [0.2, 0.25) is 0 Å². The minimum atomic E-state index is -1.57. The third kappa shape index (κ3) is 41.7. The number of unbranched alkanes of at least 4 members (excludes halogenated alkanes) is 33. The largest absolute Gasteiger partial charge is 0.466 e. The lowest BCUT2D eigenvalue weighted by molar-refractivity contribution is -0.302. The number of carbonyl (C=O) groups excluding carboxylic acids is 2. The highest BCUT2D eigenvalue weighted by molar-refractivity contribution is 5.76. The number of amides is 1. The van der Waals surface area contributed by atoms with Crippen LogP contribution in [0.4, 0.5) is 0 Å². The van der Waals surface area contributed by atoms with E-state index in [0.29, 0.717) is 19.4 Å². The number of rotatable bonds is 53. The van der Waals surface area contributed by atoms with Gasteiger partial charge >= 0.3 is 5.97 Å². The fraction of sp³-hybridized carbons (Fsp3) is 0.841. The van der Waals surface area contributed by atoms with E-state index in [9.17, 15) is 35.1 Å². The van der Waals surface area contributed by atoms with E-state index in [1.54, 1.807) is 6.08 Å². The third-order valence-corrected chi connectivity index (χ3v) is 14.4. The molecule has 1 aliphatic heterocycles. The molecular formula is C63H115NO10. The molecule has 74 heavy (non-hydrogen) atoms. The maximum absolute atomic E-state index is 13.0. The summed E-state index contributed by atoms with van der Waals surface area (Å²) in [6, 6.07) is -0.814. The molecule has 11 heteroatoms. The van der Waals surface area contributed by atoms with Gasteiger partial charge in [-0.3, -0.25) is 9.59 Å². The Morgan fingerprint density at radius 1 is 0.500 bits per heavy atom. The first-order chi connectivity index (χ1) is 36.2. The minimum Gasteiger partial charge on any atom is -0.466 e. The van der Waals surface area contributed by atoms with Gasteiger partial charge in [0.2, 0.25) is 5.91 Å². The second-order valence-corrected chi connectivity index (χ2v) is 21.4. The van der Waals surface area contributed by atoms with E-state index in [1.165, 1.54) is 167 Å². The van der Waals surface area contributed by atoms with E-state index in [-0.39, 0.29) is 18.5 Å². The van der Waals surface area contributed by atoms with Crippen LogP contribution in [-0.2, 0) is 23.8 Å². The van der Waals surface area contributed by atoms with Crippen molar-refractivity contribution in [3.63, 3.8) is 0 Å². The van der Waals surface area contributed by atoms with Gasteiger partial charge in [-0.2, -0.15) is 0 Å². The number of carbonyl (C=O) groups is 2. The summed E-state index contributed by atoms with van der Waals surface area (Å²) in [5.74, 6) is -0.203. The van der Waals surface area contributed by atoms with Crippen molar-refractivity contribution in [3.8, 4) is 0 Å². The normalized spacial score (nSPS) is 19.1. The molecule has 1 rings (SSSR count). The molecular weight excluding hydrogens is 931 g/mol. The molecule has 1 fully saturated rings. The van der Waals surface area contributed by atoms with Crippen molar-refractivity contribution in [3.05, 3.63) is 48.6 Å². The predicted octanol–water partition coefficient (Wildman–Crippen LogP) is 14.5. The number of esters is 1. The minimum absolute atomic E-state index is 0.0123. The van der Waals surface area contributed by atoms with Crippen LogP contribution in [0.5, 0.6) is 0 Å². The van der Waals surface area contributed by atoms with Gasteiger partial charge in [0.15, 0.2) is 6.29 Å². The number of aliphatic hydroxyl groups excluding tert-OH is 5. The number of ether oxygens (including phenoxy) is 3. The van der Waals surface area contributed by atoms with E-state index in [1.807, 2.05) is 6.08 Å². The molecule has 1 heterocycles. The molecule has 0 bridgehead atoms. The van der Waals surface area contributed by atoms with E-state index in [0.717, 1.165) is 83.5 Å². The summed E-state index contributed by atoms with van der Waals surface area (Å²) in [7, 11) is 0. The molecule has 0 saturated carbocycles. The maximum atomic E-state index is 13.0. The first-order valence-corrected chi connectivity index (χ1v) is 30.9. The summed E-state index contributed by atoms with van der Waals surface area (Å²) in [6.45, 7) is 4.28. The second-order valence-electron chi connectivity index (χ2n) is 21.4. The van der Waals surface area contributed by atoms with Gasteiger partial charge in [-0.1, -0.05) is 223 Å². The molecule has 0 aliphatic carbocycles. The summed E-state index contributed by atoms with van der Waals surface area (Å²) in [5, 5.41) is 54.2. The monoisotopic (exact) mass is 1050 g/mol. The average Bonchev–Trinajstić information content (AvgIpc) is 3.40. The Bertz CT molecular complexity index is 1370.